The molecule has 0 aliphatic carbocycles. The number of alkyl halides is 1. The molecular weight excluding hydrogens is 298 g/mol. The lowest BCUT2D eigenvalue weighted by atomic mass is 10.1. The van der Waals surface area contributed by atoms with E-state index in [1.54, 1.807) is 11.2 Å². The van der Waals surface area contributed by atoms with Crippen molar-refractivity contribution >= 4 is 21.6 Å². The summed E-state index contributed by atoms with van der Waals surface area (Å²) in [7, 11) is -3.52. The van der Waals surface area contributed by atoms with Gasteiger partial charge in [0.15, 0.2) is 0 Å². The summed E-state index contributed by atoms with van der Waals surface area (Å²) >= 11 is 5.83. The highest BCUT2D eigenvalue weighted by atomic mass is 35.5. The second kappa shape index (κ2) is 6.45. The average molecular weight is 320 g/mol. The van der Waals surface area contributed by atoms with Gasteiger partial charge in [0.2, 0.25) is 10.0 Å². The van der Waals surface area contributed by atoms with Gasteiger partial charge in [-0.05, 0) is 26.2 Å². The zero-order valence-electron chi connectivity index (χ0n) is 12.0. The van der Waals surface area contributed by atoms with Crippen LogP contribution in [0, 0.1) is 6.92 Å². The summed E-state index contributed by atoms with van der Waals surface area (Å²) < 4.78 is 27.6. The van der Waals surface area contributed by atoms with Crippen LogP contribution in [0.25, 0.3) is 0 Å². The Labute approximate surface area is 125 Å². The van der Waals surface area contributed by atoms with Crippen LogP contribution in [0.4, 0.5) is 0 Å². The van der Waals surface area contributed by atoms with Crippen molar-refractivity contribution in [2.24, 2.45) is 0 Å². The maximum Gasteiger partial charge on any atom is 0.247 e. The molecule has 0 saturated carbocycles. The number of nitrogens with one attached hydrogen (secondary N) is 1. The van der Waals surface area contributed by atoms with Gasteiger partial charge < -0.3 is 0 Å². The number of H-pyrrole nitrogens is 1. The molecule has 1 saturated heterocycles. The second-order valence-corrected chi connectivity index (χ2v) is 7.38. The van der Waals surface area contributed by atoms with Gasteiger partial charge in [-0.1, -0.05) is 19.8 Å². The molecule has 0 aromatic carbocycles. The summed E-state index contributed by atoms with van der Waals surface area (Å²) in [5, 5.41) is 6.75. The Balaban J connectivity index is 2.44. The lowest BCUT2D eigenvalue weighted by Crippen LogP contribution is -2.40. The van der Waals surface area contributed by atoms with E-state index in [4.69, 9.17) is 11.6 Å². The van der Waals surface area contributed by atoms with Crippen LogP contribution in [0.3, 0.4) is 0 Å². The van der Waals surface area contributed by atoms with Gasteiger partial charge in [0.25, 0.3) is 0 Å². The van der Waals surface area contributed by atoms with E-state index in [2.05, 4.69) is 10.2 Å². The molecular formula is C13H22ClN3O2S. The molecule has 1 aromatic rings. The third-order valence-electron chi connectivity index (χ3n) is 3.95. The molecule has 1 fully saturated rings. The van der Waals surface area contributed by atoms with Gasteiger partial charge in [-0.25, -0.2) is 8.42 Å². The van der Waals surface area contributed by atoms with Gasteiger partial charge in [-0.3, -0.25) is 5.10 Å². The summed E-state index contributed by atoms with van der Waals surface area (Å²) in [5.74, 6) is 0.101. The molecule has 1 aliphatic rings. The van der Waals surface area contributed by atoms with Crippen molar-refractivity contribution in [1.29, 1.82) is 0 Å². The first kappa shape index (κ1) is 15.8. The zero-order valence-corrected chi connectivity index (χ0v) is 13.6. The van der Waals surface area contributed by atoms with Crippen molar-refractivity contribution in [3.63, 3.8) is 0 Å². The molecule has 2 rings (SSSR count). The summed E-state index contributed by atoms with van der Waals surface area (Å²) in [6, 6.07) is 0.0833. The summed E-state index contributed by atoms with van der Waals surface area (Å²) in [6.45, 7) is 4.37. The van der Waals surface area contributed by atoms with Gasteiger partial charge in [-0.2, -0.15) is 9.40 Å². The number of sulfonamides is 1. The maximum absolute atomic E-state index is 13.0. The van der Waals surface area contributed by atoms with Crippen LogP contribution in [-0.2, 0) is 15.9 Å². The Bertz CT molecular complexity index is 556. The van der Waals surface area contributed by atoms with Crippen LogP contribution in [0.15, 0.2) is 4.90 Å². The van der Waals surface area contributed by atoms with Crippen LogP contribution < -0.4 is 0 Å². The molecule has 1 aromatic heterocycles. The van der Waals surface area contributed by atoms with Crippen LogP contribution in [-0.4, -0.2) is 35.5 Å². The van der Waals surface area contributed by atoms with Crippen LogP contribution in [0.5, 0.6) is 0 Å². The van der Waals surface area contributed by atoms with Crippen molar-refractivity contribution in [3.05, 3.63) is 11.4 Å². The van der Waals surface area contributed by atoms with E-state index < -0.39 is 10.0 Å². The van der Waals surface area contributed by atoms with Crippen molar-refractivity contribution < 1.29 is 8.42 Å². The standard InChI is InChI=1S/C13H22ClN3O2S/c1-3-11-7-5-4-6-8-17(11)20(18,19)13-10(2)15-16-12(13)9-14/h11H,3-9H2,1-2H3,(H,15,16). The number of rotatable bonds is 4. The molecule has 1 atom stereocenters. The first-order valence-corrected chi connectivity index (χ1v) is 9.11. The fraction of sp³-hybridized carbons (Fsp3) is 0.769. The van der Waals surface area contributed by atoms with Crippen molar-refractivity contribution in [2.75, 3.05) is 6.54 Å². The Morgan fingerprint density at radius 3 is 2.80 bits per heavy atom. The van der Waals surface area contributed by atoms with E-state index in [0.29, 0.717) is 17.9 Å². The predicted octanol–water partition coefficient (Wildman–Crippen LogP) is 2.80. The molecule has 1 aliphatic heterocycles. The van der Waals surface area contributed by atoms with Gasteiger partial charge >= 0.3 is 0 Å². The molecule has 2 heterocycles. The number of aryl methyl sites for hydroxylation is 1. The fourth-order valence-corrected chi connectivity index (χ4v) is 5.27. The minimum Gasteiger partial charge on any atom is -0.281 e. The molecule has 7 heteroatoms. The highest BCUT2D eigenvalue weighted by Gasteiger charge is 2.35. The highest BCUT2D eigenvalue weighted by molar-refractivity contribution is 7.89. The quantitative estimate of drug-likeness (QED) is 0.868. The van der Waals surface area contributed by atoms with Crippen LogP contribution in [0.1, 0.15) is 50.4 Å². The smallest absolute Gasteiger partial charge is 0.247 e. The Hall–Kier alpha value is -0.590. The van der Waals surface area contributed by atoms with Crippen molar-refractivity contribution in [3.8, 4) is 0 Å². The molecule has 20 heavy (non-hydrogen) atoms. The molecule has 0 bridgehead atoms. The minimum absolute atomic E-state index is 0.0833. The van der Waals surface area contributed by atoms with E-state index >= 15 is 0 Å². The third-order valence-corrected chi connectivity index (χ3v) is 6.36. The Kier molecular flexibility index (Phi) is 5.09. The first-order chi connectivity index (χ1) is 9.52. The average Bonchev–Trinajstić information content (AvgIpc) is 2.65. The molecule has 5 nitrogen and oxygen atoms in total. The van der Waals surface area contributed by atoms with E-state index in [1.807, 2.05) is 6.92 Å². The normalized spacial score (nSPS) is 21.9. The number of halogens is 1. The number of hydrogen-bond donors (Lipinski definition) is 1. The topological polar surface area (TPSA) is 66.1 Å². The van der Waals surface area contributed by atoms with Gasteiger partial charge in [0.1, 0.15) is 4.90 Å². The molecule has 1 unspecified atom stereocenters. The van der Waals surface area contributed by atoms with E-state index in [9.17, 15) is 8.42 Å². The van der Waals surface area contributed by atoms with Crippen molar-refractivity contribution in [1.82, 2.24) is 14.5 Å². The molecule has 1 N–H and O–H groups in total. The molecule has 0 amide bonds. The number of aromatic amines is 1. The van der Waals surface area contributed by atoms with Gasteiger partial charge in [0, 0.05) is 12.6 Å². The first-order valence-electron chi connectivity index (χ1n) is 7.14. The van der Waals surface area contributed by atoms with E-state index in [0.717, 1.165) is 32.1 Å². The molecule has 114 valence electrons. The third kappa shape index (κ3) is 2.87. The largest absolute Gasteiger partial charge is 0.281 e. The van der Waals surface area contributed by atoms with Crippen LogP contribution >= 0.6 is 11.6 Å². The summed E-state index contributed by atoms with van der Waals surface area (Å²) in [6.07, 6.45) is 4.88. The Morgan fingerprint density at radius 2 is 2.15 bits per heavy atom. The predicted molar refractivity (Wildman–Crippen MR) is 79.3 cm³/mol. The fourth-order valence-electron chi connectivity index (χ4n) is 2.89. The summed E-state index contributed by atoms with van der Waals surface area (Å²) in [4.78, 5) is 0.271. The number of aromatic nitrogens is 2. The van der Waals surface area contributed by atoms with Crippen molar-refractivity contribution in [2.45, 2.75) is 62.8 Å². The second-order valence-electron chi connectivity index (χ2n) is 5.29. The monoisotopic (exact) mass is 319 g/mol. The highest BCUT2D eigenvalue weighted by Crippen LogP contribution is 2.29. The van der Waals surface area contributed by atoms with Gasteiger partial charge in [0.05, 0.1) is 17.3 Å². The van der Waals surface area contributed by atoms with Crippen LogP contribution in [0.2, 0.25) is 0 Å². The van der Waals surface area contributed by atoms with E-state index in [-0.39, 0.29) is 16.8 Å². The van der Waals surface area contributed by atoms with Gasteiger partial charge in [-0.15, -0.1) is 11.6 Å². The zero-order chi connectivity index (χ0) is 14.8. The lowest BCUT2D eigenvalue weighted by molar-refractivity contribution is 0.314. The Morgan fingerprint density at radius 1 is 1.40 bits per heavy atom. The maximum atomic E-state index is 13.0. The molecule has 0 spiro atoms. The lowest BCUT2D eigenvalue weighted by Gasteiger charge is -2.28. The summed E-state index contributed by atoms with van der Waals surface area (Å²) in [5.41, 5.74) is 0.989. The van der Waals surface area contributed by atoms with E-state index in [1.165, 1.54) is 0 Å². The SMILES string of the molecule is CCC1CCCCCN1S(=O)(=O)c1c(CCl)n[nH]c1C. The number of hydrogen-bond acceptors (Lipinski definition) is 3. The minimum atomic E-state index is -3.52. The number of nitrogens with zero attached hydrogens (tertiary/aromatic N) is 2. The molecule has 0 radical (unpaired) electrons.